The number of carbonyl (C=O) groups excluding carboxylic acids is 1. The van der Waals surface area contributed by atoms with Gasteiger partial charge in [0, 0.05) is 49.6 Å². The van der Waals surface area contributed by atoms with E-state index in [2.05, 4.69) is 17.0 Å². The van der Waals surface area contributed by atoms with E-state index in [1.54, 1.807) is 6.20 Å². The van der Waals surface area contributed by atoms with Gasteiger partial charge in [-0.15, -0.1) is 0 Å². The zero-order chi connectivity index (χ0) is 18.9. The molecule has 1 N–H and O–H groups in total. The standard InChI is InChI=1S/C21H28N4O2/c1-23-12-7-19(26)21(15-23)8-3-10-24(16-21)20(27)18-6-2-5-17(13-18)14-25-11-4-9-22-25/h2,4-6,9,11,13,19,26H,3,7-8,10,12,14-16H2,1H3/t19-,21-/m0/s1. The maximum absolute atomic E-state index is 13.2. The molecule has 144 valence electrons. The Labute approximate surface area is 160 Å². The van der Waals surface area contributed by atoms with Gasteiger partial charge in [0.2, 0.25) is 0 Å². The van der Waals surface area contributed by atoms with Crippen LogP contribution in [0.2, 0.25) is 0 Å². The summed E-state index contributed by atoms with van der Waals surface area (Å²) < 4.78 is 1.85. The first-order chi connectivity index (χ1) is 13.1. The lowest BCUT2D eigenvalue weighted by atomic mass is 9.71. The smallest absolute Gasteiger partial charge is 0.253 e. The van der Waals surface area contributed by atoms with Gasteiger partial charge in [-0.25, -0.2) is 0 Å². The Morgan fingerprint density at radius 3 is 3.00 bits per heavy atom. The SMILES string of the molecule is CN1CC[C@H](O)[C@@]2(CCCN(C(=O)c3cccc(Cn4cccn4)c3)C2)C1. The van der Waals surface area contributed by atoms with Crippen molar-refractivity contribution in [3.8, 4) is 0 Å². The number of piperidine rings is 2. The monoisotopic (exact) mass is 368 g/mol. The van der Waals surface area contributed by atoms with Gasteiger partial charge in [-0.3, -0.25) is 9.48 Å². The molecule has 0 unspecified atom stereocenters. The number of hydrogen-bond acceptors (Lipinski definition) is 4. The lowest BCUT2D eigenvalue weighted by Crippen LogP contribution is -2.59. The van der Waals surface area contributed by atoms with Crippen molar-refractivity contribution >= 4 is 5.91 Å². The number of benzene rings is 1. The molecule has 2 aliphatic rings. The van der Waals surface area contributed by atoms with E-state index in [0.717, 1.165) is 50.0 Å². The molecule has 3 heterocycles. The molecule has 2 fully saturated rings. The molecule has 0 bridgehead atoms. The highest BCUT2D eigenvalue weighted by atomic mass is 16.3. The lowest BCUT2D eigenvalue weighted by molar-refractivity contribution is -0.0731. The molecule has 2 aromatic rings. The minimum atomic E-state index is -0.324. The Bertz CT molecular complexity index is 791. The van der Waals surface area contributed by atoms with Gasteiger partial charge in [-0.2, -0.15) is 5.10 Å². The van der Waals surface area contributed by atoms with Crippen molar-refractivity contribution < 1.29 is 9.90 Å². The molecule has 0 aliphatic carbocycles. The van der Waals surface area contributed by atoms with E-state index < -0.39 is 0 Å². The Kier molecular flexibility index (Phi) is 5.02. The lowest BCUT2D eigenvalue weighted by Gasteiger charge is -2.50. The van der Waals surface area contributed by atoms with E-state index >= 15 is 0 Å². The molecule has 1 amide bonds. The maximum Gasteiger partial charge on any atom is 0.253 e. The topological polar surface area (TPSA) is 61.6 Å². The van der Waals surface area contributed by atoms with Crippen LogP contribution in [0.25, 0.3) is 0 Å². The summed E-state index contributed by atoms with van der Waals surface area (Å²) in [5, 5.41) is 14.9. The first-order valence-corrected chi connectivity index (χ1v) is 9.78. The molecule has 0 radical (unpaired) electrons. The van der Waals surface area contributed by atoms with E-state index in [1.165, 1.54) is 0 Å². The quantitative estimate of drug-likeness (QED) is 0.898. The van der Waals surface area contributed by atoms with Gasteiger partial charge in [-0.05, 0) is 50.1 Å². The van der Waals surface area contributed by atoms with Gasteiger partial charge in [0.05, 0.1) is 12.6 Å². The zero-order valence-electron chi connectivity index (χ0n) is 15.9. The minimum absolute atomic E-state index is 0.0665. The van der Waals surface area contributed by atoms with Crippen LogP contribution in [0.1, 0.15) is 35.2 Å². The number of aromatic nitrogens is 2. The van der Waals surface area contributed by atoms with Gasteiger partial charge >= 0.3 is 0 Å². The molecule has 1 spiro atoms. The molecular formula is C21H28N4O2. The van der Waals surface area contributed by atoms with Crippen LogP contribution in [-0.2, 0) is 6.54 Å². The normalized spacial score (nSPS) is 26.4. The summed E-state index contributed by atoms with van der Waals surface area (Å²) in [4.78, 5) is 17.4. The van der Waals surface area contributed by atoms with E-state index in [-0.39, 0.29) is 17.4 Å². The number of carbonyl (C=O) groups is 1. The average molecular weight is 368 g/mol. The molecule has 2 aliphatic heterocycles. The van der Waals surface area contributed by atoms with E-state index in [1.807, 2.05) is 46.1 Å². The summed E-state index contributed by atoms with van der Waals surface area (Å²) >= 11 is 0. The van der Waals surface area contributed by atoms with Crippen LogP contribution in [0.4, 0.5) is 0 Å². The highest BCUT2D eigenvalue weighted by Gasteiger charge is 2.45. The number of hydrogen-bond donors (Lipinski definition) is 1. The van der Waals surface area contributed by atoms with Crippen LogP contribution in [-0.4, -0.2) is 69.9 Å². The fourth-order valence-electron chi connectivity index (χ4n) is 4.67. The second kappa shape index (κ2) is 7.44. The number of nitrogens with zero attached hydrogens (tertiary/aromatic N) is 4. The Morgan fingerprint density at radius 2 is 2.19 bits per heavy atom. The fourth-order valence-corrected chi connectivity index (χ4v) is 4.67. The van der Waals surface area contributed by atoms with Crippen molar-refractivity contribution in [1.82, 2.24) is 19.6 Å². The van der Waals surface area contributed by atoms with Crippen molar-refractivity contribution in [3.05, 3.63) is 53.9 Å². The maximum atomic E-state index is 13.2. The highest BCUT2D eigenvalue weighted by molar-refractivity contribution is 5.94. The molecular weight excluding hydrogens is 340 g/mol. The molecule has 2 atom stereocenters. The average Bonchev–Trinajstić information content (AvgIpc) is 3.18. The van der Waals surface area contributed by atoms with Crippen LogP contribution >= 0.6 is 0 Å². The summed E-state index contributed by atoms with van der Waals surface area (Å²) in [6, 6.07) is 9.72. The van der Waals surface area contributed by atoms with Gasteiger partial charge in [-0.1, -0.05) is 12.1 Å². The number of aliphatic hydroxyl groups is 1. The third-order valence-corrected chi connectivity index (χ3v) is 6.05. The van der Waals surface area contributed by atoms with Crippen molar-refractivity contribution in [3.63, 3.8) is 0 Å². The van der Waals surface area contributed by atoms with Crippen LogP contribution in [0.3, 0.4) is 0 Å². The van der Waals surface area contributed by atoms with Crippen molar-refractivity contribution in [2.24, 2.45) is 5.41 Å². The second-order valence-electron chi connectivity index (χ2n) is 8.14. The first-order valence-electron chi connectivity index (χ1n) is 9.78. The number of likely N-dealkylation sites (tertiary alicyclic amines) is 2. The molecule has 2 saturated heterocycles. The summed E-state index contributed by atoms with van der Waals surface area (Å²) in [6.45, 7) is 3.84. The summed E-state index contributed by atoms with van der Waals surface area (Å²) in [7, 11) is 2.10. The zero-order valence-corrected chi connectivity index (χ0v) is 15.9. The van der Waals surface area contributed by atoms with Crippen molar-refractivity contribution in [1.29, 1.82) is 0 Å². The number of amides is 1. The van der Waals surface area contributed by atoms with Gasteiger partial charge in [0.25, 0.3) is 5.91 Å². The van der Waals surface area contributed by atoms with Gasteiger partial charge in [0.1, 0.15) is 0 Å². The number of aliphatic hydroxyl groups excluding tert-OH is 1. The summed E-state index contributed by atoms with van der Waals surface area (Å²) in [5.41, 5.74) is 1.59. The summed E-state index contributed by atoms with van der Waals surface area (Å²) in [6.07, 6.45) is 6.08. The van der Waals surface area contributed by atoms with Gasteiger partial charge < -0.3 is 14.9 Å². The number of rotatable bonds is 3. The molecule has 27 heavy (non-hydrogen) atoms. The predicted molar refractivity (Wildman–Crippen MR) is 103 cm³/mol. The summed E-state index contributed by atoms with van der Waals surface area (Å²) in [5.74, 6) is 0.0665. The van der Waals surface area contributed by atoms with E-state index in [0.29, 0.717) is 13.1 Å². The first kappa shape index (κ1) is 18.2. The molecule has 4 rings (SSSR count). The Hall–Kier alpha value is -2.18. The Balaban J connectivity index is 1.50. The second-order valence-corrected chi connectivity index (χ2v) is 8.14. The Morgan fingerprint density at radius 1 is 1.30 bits per heavy atom. The van der Waals surface area contributed by atoms with Crippen LogP contribution in [0.15, 0.2) is 42.7 Å². The molecule has 1 aromatic heterocycles. The third-order valence-electron chi connectivity index (χ3n) is 6.05. The fraction of sp³-hybridized carbons (Fsp3) is 0.524. The van der Waals surface area contributed by atoms with Gasteiger partial charge in [0.15, 0.2) is 0 Å². The molecule has 6 nitrogen and oxygen atoms in total. The minimum Gasteiger partial charge on any atom is -0.392 e. The van der Waals surface area contributed by atoms with Crippen LogP contribution < -0.4 is 0 Å². The van der Waals surface area contributed by atoms with E-state index in [4.69, 9.17) is 0 Å². The predicted octanol–water partition coefficient (Wildman–Crippen LogP) is 1.85. The third kappa shape index (κ3) is 3.77. The van der Waals surface area contributed by atoms with E-state index in [9.17, 15) is 9.90 Å². The molecule has 1 aromatic carbocycles. The van der Waals surface area contributed by atoms with Crippen molar-refractivity contribution in [2.75, 3.05) is 33.2 Å². The van der Waals surface area contributed by atoms with Crippen LogP contribution in [0, 0.1) is 5.41 Å². The largest absolute Gasteiger partial charge is 0.392 e. The highest BCUT2D eigenvalue weighted by Crippen LogP contribution is 2.38. The van der Waals surface area contributed by atoms with Crippen molar-refractivity contribution in [2.45, 2.75) is 31.9 Å². The molecule has 0 saturated carbocycles. The van der Waals surface area contributed by atoms with Crippen LogP contribution in [0.5, 0.6) is 0 Å². The molecule has 6 heteroatoms.